The molecule has 1 amide bonds. The summed E-state index contributed by atoms with van der Waals surface area (Å²) in [6, 6.07) is 6.37. The zero-order valence-electron chi connectivity index (χ0n) is 13.7. The van der Waals surface area contributed by atoms with Crippen LogP contribution in [-0.4, -0.2) is 41.3 Å². The van der Waals surface area contributed by atoms with E-state index in [2.05, 4.69) is 41.5 Å². The van der Waals surface area contributed by atoms with Gasteiger partial charge in [0, 0.05) is 19.3 Å². The number of rotatable bonds is 5. The molecular formula is C18H23N3OS. The smallest absolute Gasteiger partial charge is 0.227 e. The van der Waals surface area contributed by atoms with Gasteiger partial charge in [0.15, 0.2) is 0 Å². The van der Waals surface area contributed by atoms with Crippen molar-refractivity contribution in [3.63, 3.8) is 0 Å². The lowest BCUT2D eigenvalue weighted by atomic mass is 10.1. The Morgan fingerprint density at radius 1 is 1.35 bits per heavy atom. The highest BCUT2D eigenvalue weighted by Gasteiger charge is 2.30. The molecule has 122 valence electrons. The third kappa shape index (κ3) is 3.98. The normalized spacial score (nSPS) is 17.9. The molecule has 0 saturated carbocycles. The lowest BCUT2D eigenvalue weighted by molar-refractivity contribution is -0.131. The van der Waals surface area contributed by atoms with Gasteiger partial charge in [0.2, 0.25) is 5.91 Å². The minimum absolute atomic E-state index is 0.134. The second-order valence-electron chi connectivity index (χ2n) is 6.38. The molecule has 0 N–H and O–H groups in total. The van der Waals surface area contributed by atoms with Crippen molar-refractivity contribution >= 4 is 17.2 Å². The predicted molar refractivity (Wildman–Crippen MR) is 93.3 cm³/mol. The highest BCUT2D eigenvalue weighted by molar-refractivity contribution is 7.07. The van der Waals surface area contributed by atoms with Crippen molar-refractivity contribution in [2.24, 2.45) is 0 Å². The third-order valence-electron chi connectivity index (χ3n) is 4.20. The Bertz CT molecular complexity index is 637. The number of nitrogens with zero attached hydrogens (tertiary/aromatic N) is 3. The van der Waals surface area contributed by atoms with Crippen LogP contribution in [0.3, 0.4) is 0 Å². The maximum absolute atomic E-state index is 12.6. The van der Waals surface area contributed by atoms with Gasteiger partial charge in [-0.25, -0.2) is 0 Å². The summed E-state index contributed by atoms with van der Waals surface area (Å²) in [5.74, 6) is 0.213. The van der Waals surface area contributed by atoms with Crippen LogP contribution in [0.15, 0.2) is 35.2 Å². The summed E-state index contributed by atoms with van der Waals surface area (Å²) in [7, 11) is 4.10. The summed E-state index contributed by atoms with van der Waals surface area (Å²) in [4.78, 5) is 21.4. The SMILES string of the molecule is CN(C)Cc1ccc([C@@H]2CCCN2C(=O)Cc2ccsc2)nc1. The summed E-state index contributed by atoms with van der Waals surface area (Å²) in [5.41, 5.74) is 3.33. The lowest BCUT2D eigenvalue weighted by Crippen LogP contribution is -2.32. The summed E-state index contributed by atoms with van der Waals surface area (Å²) in [6.07, 6.45) is 4.50. The Kier molecular flexibility index (Phi) is 5.08. The van der Waals surface area contributed by atoms with E-state index >= 15 is 0 Å². The lowest BCUT2D eigenvalue weighted by Gasteiger charge is -2.24. The van der Waals surface area contributed by atoms with Gasteiger partial charge in [-0.05, 0) is 61.0 Å². The van der Waals surface area contributed by atoms with Gasteiger partial charge in [-0.1, -0.05) is 6.07 Å². The van der Waals surface area contributed by atoms with E-state index in [4.69, 9.17) is 0 Å². The van der Waals surface area contributed by atoms with E-state index in [1.54, 1.807) is 11.3 Å². The van der Waals surface area contributed by atoms with E-state index < -0.39 is 0 Å². The van der Waals surface area contributed by atoms with Crippen molar-refractivity contribution in [3.8, 4) is 0 Å². The number of likely N-dealkylation sites (tertiary alicyclic amines) is 1. The molecule has 23 heavy (non-hydrogen) atoms. The molecule has 1 aliphatic rings. The first kappa shape index (κ1) is 16.1. The average molecular weight is 329 g/mol. The number of carbonyl (C=O) groups excluding carboxylic acids is 1. The summed E-state index contributed by atoms with van der Waals surface area (Å²) < 4.78 is 0. The standard InChI is InChI=1S/C18H23N3OS/c1-20(2)12-15-5-6-16(19-11-15)17-4-3-8-21(17)18(22)10-14-7-9-23-13-14/h5-7,9,11,13,17H,3-4,8,10,12H2,1-2H3/t17-/m0/s1. The maximum atomic E-state index is 12.6. The molecule has 0 aromatic carbocycles. The zero-order chi connectivity index (χ0) is 16.2. The quantitative estimate of drug-likeness (QED) is 0.846. The van der Waals surface area contributed by atoms with Crippen molar-refractivity contribution < 1.29 is 4.79 Å². The molecule has 4 nitrogen and oxygen atoms in total. The number of carbonyl (C=O) groups is 1. The van der Waals surface area contributed by atoms with Crippen LogP contribution in [0.25, 0.3) is 0 Å². The number of aromatic nitrogens is 1. The van der Waals surface area contributed by atoms with Crippen molar-refractivity contribution in [2.75, 3.05) is 20.6 Å². The Labute approximate surface area is 141 Å². The molecule has 0 unspecified atom stereocenters. The predicted octanol–water partition coefficient (Wildman–Crippen LogP) is 3.11. The second-order valence-corrected chi connectivity index (χ2v) is 7.16. The molecule has 3 heterocycles. The van der Waals surface area contributed by atoms with Gasteiger partial charge < -0.3 is 9.80 Å². The zero-order valence-corrected chi connectivity index (χ0v) is 14.6. The van der Waals surface area contributed by atoms with Crippen LogP contribution in [0.1, 0.15) is 35.7 Å². The fraction of sp³-hybridized carbons (Fsp3) is 0.444. The largest absolute Gasteiger partial charge is 0.334 e. The number of pyridine rings is 1. The Balaban J connectivity index is 1.69. The molecule has 0 spiro atoms. The molecule has 2 aromatic heterocycles. The maximum Gasteiger partial charge on any atom is 0.227 e. The van der Waals surface area contributed by atoms with Gasteiger partial charge in [-0.3, -0.25) is 9.78 Å². The fourth-order valence-electron chi connectivity index (χ4n) is 3.13. The van der Waals surface area contributed by atoms with Gasteiger partial charge in [0.05, 0.1) is 18.2 Å². The Hall–Kier alpha value is -1.72. The number of hydrogen-bond acceptors (Lipinski definition) is 4. The number of thiophene rings is 1. The van der Waals surface area contributed by atoms with Gasteiger partial charge in [-0.2, -0.15) is 11.3 Å². The minimum atomic E-state index is 0.134. The van der Waals surface area contributed by atoms with Crippen LogP contribution >= 0.6 is 11.3 Å². The van der Waals surface area contributed by atoms with Crippen molar-refractivity contribution in [3.05, 3.63) is 52.0 Å². The highest BCUT2D eigenvalue weighted by Crippen LogP contribution is 2.31. The van der Waals surface area contributed by atoms with Gasteiger partial charge >= 0.3 is 0 Å². The summed E-state index contributed by atoms with van der Waals surface area (Å²) in [6.45, 7) is 1.73. The monoisotopic (exact) mass is 329 g/mol. The van der Waals surface area contributed by atoms with E-state index in [1.165, 1.54) is 5.56 Å². The molecule has 3 rings (SSSR count). The molecular weight excluding hydrogens is 306 g/mol. The van der Waals surface area contributed by atoms with Crippen molar-refractivity contribution in [1.82, 2.24) is 14.8 Å². The molecule has 1 saturated heterocycles. The van der Waals surface area contributed by atoms with Crippen LogP contribution < -0.4 is 0 Å². The minimum Gasteiger partial charge on any atom is -0.334 e. The molecule has 1 fully saturated rings. The Morgan fingerprint density at radius 2 is 2.22 bits per heavy atom. The first-order valence-corrected chi connectivity index (χ1v) is 8.98. The molecule has 1 aliphatic heterocycles. The first-order valence-electron chi connectivity index (χ1n) is 8.03. The van der Waals surface area contributed by atoms with Crippen molar-refractivity contribution in [2.45, 2.75) is 31.8 Å². The average Bonchev–Trinajstić information content (AvgIpc) is 3.18. The number of amides is 1. The van der Waals surface area contributed by atoms with Crippen molar-refractivity contribution in [1.29, 1.82) is 0 Å². The molecule has 2 aromatic rings. The van der Waals surface area contributed by atoms with E-state index in [-0.39, 0.29) is 11.9 Å². The van der Waals surface area contributed by atoms with E-state index in [0.29, 0.717) is 6.42 Å². The molecule has 1 atom stereocenters. The number of hydrogen-bond donors (Lipinski definition) is 0. The summed E-state index contributed by atoms with van der Waals surface area (Å²) in [5, 5.41) is 4.08. The third-order valence-corrected chi connectivity index (χ3v) is 4.93. The highest BCUT2D eigenvalue weighted by atomic mass is 32.1. The van der Waals surface area contributed by atoms with Crippen LogP contribution in [0, 0.1) is 0 Å². The van der Waals surface area contributed by atoms with Crippen LogP contribution in [0.5, 0.6) is 0 Å². The second kappa shape index (κ2) is 7.23. The molecule has 5 heteroatoms. The van der Waals surface area contributed by atoms with Crippen LogP contribution in [0.4, 0.5) is 0 Å². The van der Waals surface area contributed by atoms with Gasteiger partial charge in [0.25, 0.3) is 0 Å². The molecule has 0 bridgehead atoms. The van der Waals surface area contributed by atoms with E-state index in [9.17, 15) is 4.79 Å². The van der Waals surface area contributed by atoms with Gasteiger partial charge in [-0.15, -0.1) is 0 Å². The Morgan fingerprint density at radius 3 is 2.87 bits per heavy atom. The molecule has 0 aliphatic carbocycles. The first-order chi connectivity index (χ1) is 11.1. The van der Waals surface area contributed by atoms with E-state index in [0.717, 1.165) is 37.2 Å². The molecule has 0 radical (unpaired) electrons. The fourth-order valence-corrected chi connectivity index (χ4v) is 3.80. The van der Waals surface area contributed by atoms with Gasteiger partial charge in [0.1, 0.15) is 0 Å². The summed E-state index contributed by atoms with van der Waals surface area (Å²) >= 11 is 1.64. The van der Waals surface area contributed by atoms with Crippen LogP contribution in [-0.2, 0) is 17.8 Å². The van der Waals surface area contributed by atoms with Crippen LogP contribution in [0.2, 0.25) is 0 Å². The topological polar surface area (TPSA) is 36.4 Å². The van der Waals surface area contributed by atoms with E-state index in [1.807, 2.05) is 22.5 Å².